The predicted molar refractivity (Wildman–Crippen MR) is 111 cm³/mol. The molecule has 30 heavy (non-hydrogen) atoms. The second kappa shape index (κ2) is 8.07. The van der Waals surface area contributed by atoms with Gasteiger partial charge in [0.25, 0.3) is 0 Å². The van der Waals surface area contributed by atoms with Crippen molar-refractivity contribution in [1.29, 1.82) is 0 Å². The van der Waals surface area contributed by atoms with Crippen molar-refractivity contribution in [2.75, 3.05) is 18.5 Å². The van der Waals surface area contributed by atoms with Crippen LogP contribution in [0.2, 0.25) is 0 Å². The molecule has 1 N–H and O–H groups in total. The molecular weight excluding hydrogens is 391 g/mol. The molecule has 2 heterocycles. The van der Waals surface area contributed by atoms with Crippen LogP contribution in [0.5, 0.6) is 0 Å². The van der Waals surface area contributed by atoms with Gasteiger partial charge in [0.2, 0.25) is 0 Å². The number of rotatable bonds is 4. The Labute approximate surface area is 172 Å². The highest BCUT2D eigenvalue weighted by Crippen LogP contribution is 2.33. The van der Waals surface area contributed by atoms with E-state index in [0.717, 1.165) is 29.0 Å². The minimum atomic E-state index is -4.37. The Morgan fingerprint density at radius 2 is 1.93 bits per heavy atom. The monoisotopic (exact) mass is 413 g/mol. The molecule has 0 saturated heterocycles. The molecule has 0 bridgehead atoms. The van der Waals surface area contributed by atoms with Gasteiger partial charge in [-0.3, -0.25) is 0 Å². The van der Waals surface area contributed by atoms with Gasteiger partial charge in [-0.15, -0.1) is 0 Å². The Morgan fingerprint density at radius 1 is 1.10 bits per heavy atom. The van der Waals surface area contributed by atoms with E-state index < -0.39 is 11.7 Å². The lowest BCUT2D eigenvalue weighted by Gasteiger charge is -2.19. The van der Waals surface area contributed by atoms with Gasteiger partial charge in [-0.2, -0.15) is 13.2 Å². The van der Waals surface area contributed by atoms with Gasteiger partial charge in [0.15, 0.2) is 0 Å². The lowest BCUT2D eigenvalue weighted by molar-refractivity contribution is -0.137. The standard InChI is InChI=1S/C23H22F3N3O/c1-14(17-4-3-5-19(12-17)23(24,25)26)27-22-20-13-18(16-8-10-30-11-9-16)6-7-21(20)28-15(2)29-22/h3-8,12-14H,9-11H2,1-2H3,(H,27,28,29)/t14-/m1/s1. The summed E-state index contributed by atoms with van der Waals surface area (Å²) >= 11 is 0. The Hall–Kier alpha value is -2.93. The lowest BCUT2D eigenvalue weighted by Crippen LogP contribution is -2.12. The maximum atomic E-state index is 13.1. The summed E-state index contributed by atoms with van der Waals surface area (Å²) < 4.78 is 44.6. The summed E-state index contributed by atoms with van der Waals surface area (Å²) in [4.78, 5) is 9.04. The van der Waals surface area contributed by atoms with Crippen molar-refractivity contribution < 1.29 is 17.9 Å². The van der Waals surface area contributed by atoms with Crippen molar-refractivity contribution in [1.82, 2.24) is 9.97 Å². The molecular formula is C23H22F3N3O. The van der Waals surface area contributed by atoms with Crippen molar-refractivity contribution in [3.05, 3.63) is 71.1 Å². The van der Waals surface area contributed by atoms with Crippen molar-refractivity contribution in [3.8, 4) is 0 Å². The number of alkyl halides is 3. The number of ether oxygens (including phenoxy) is 1. The summed E-state index contributed by atoms with van der Waals surface area (Å²) in [6.07, 6.45) is -1.47. The van der Waals surface area contributed by atoms with Crippen LogP contribution in [0, 0.1) is 6.92 Å². The first-order valence-electron chi connectivity index (χ1n) is 9.80. The molecule has 4 nitrogen and oxygen atoms in total. The molecule has 4 rings (SSSR count). The van der Waals surface area contributed by atoms with Crippen LogP contribution in [0.4, 0.5) is 19.0 Å². The lowest BCUT2D eigenvalue weighted by atomic mass is 9.99. The summed E-state index contributed by atoms with van der Waals surface area (Å²) in [5.74, 6) is 1.20. The zero-order valence-electron chi connectivity index (χ0n) is 16.8. The van der Waals surface area contributed by atoms with E-state index in [0.29, 0.717) is 30.4 Å². The van der Waals surface area contributed by atoms with Crippen LogP contribution in [-0.4, -0.2) is 23.2 Å². The number of aryl methyl sites for hydroxylation is 1. The van der Waals surface area contributed by atoms with Crippen LogP contribution in [0.15, 0.2) is 48.5 Å². The third kappa shape index (κ3) is 4.31. The summed E-state index contributed by atoms with van der Waals surface area (Å²) in [7, 11) is 0. The molecule has 0 saturated carbocycles. The third-order valence-electron chi connectivity index (χ3n) is 5.21. The van der Waals surface area contributed by atoms with Gasteiger partial charge in [-0.25, -0.2) is 9.97 Å². The third-order valence-corrected chi connectivity index (χ3v) is 5.21. The van der Waals surface area contributed by atoms with E-state index in [1.54, 1.807) is 13.0 Å². The van der Waals surface area contributed by atoms with Crippen LogP contribution in [0.3, 0.4) is 0 Å². The Morgan fingerprint density at radius 3 is 2.67 bits per heavy atom. The van der Waals surface area contributed by atoms with Crippen LogP contribution < -0.4 is 5.32 Å². The fourth-order valence-electron chi connectivity index (χ4n) is 3.62. The average Bonchev–Trinajstić information content (AvgIpc) is 2.73. The van der Waals surface area contributed by atoms with Gasteiger partial charge >= 0.3 is 6.18 Å². The number of fused-ring (bicyclic) bond motifs is 1. The summed E-state index contributed by atoms with van der Waals surface area (Å²) in [6, 6.07) is 11.0. The van der Waals surface area contributed by atoms with Gasteiger partial charge in [0, 0.05) is 11.4 Å². The molecule has 1 aromatic heterocycles. The van der Waals surface area contributed by atoms with Gasteiger partial charge < -0.3 is 10.1 Å². The molecule has 2 aromatic carbocycles. The Balaban J connectivity index is 1.70. The Kier molecular flexibility index (Phi) is 5.47. The molecule has 0 fully saturated rings. The molecule has 156 valence electrons. The van der Waals surface area contributed by atoms with E-state index in [9.17, 15) is 13.2 Å². The van der Waals surface area contributed by atoms with E-state index in [-0.39, 0.29) is 6.04 Å². The molecule has 1 aliphatic rings. The van der Waals surface area contributed by atoms with E-state index >= 15 is 0 Å². The van der Waals surface area contributed by atoms with E-state index in [1.165, 1.54) is 17.7 Å². The second-order valence-electron chi connectivity index (χ2n) is 7.39. The number of nitrogens with zero attached hydrogens (tertiary/aromatic N) is 2. The molecule has 7 heteroatoms. The predicted octanol–water partition coefficient (Wildman–Crippen LogP) is 5.93. The summed E-state index contributed by atoms with van der Waals surface area (Å²) in [5, 5.41) is 4.13. The number of halogens is 3. The average molecular weight is 413 g/mol. The molecule has 0 aliphatic carbocycles. The maximum absolute atomic E-state index is 13.1. The highest BCUT2D eigenvalue weighted by Gasteiger charge is 2.30. The molecule has 0 radical (unpaired) electrons. The van der Waals surface area contributed by atoms with E-state index in [1.807, 2.05) is 25.1 Å². The Bertz CT molecular complexity index is 1110. The number of nitrogens with one attached hydrogen (secondary N) is 1. The van der Waals surface area contributed by atoms with Gasteiger partial charge in [-0.1, -0.05) is 24.3 Å². The minimum absolute atomic E-state index is 0.365. The highest BCUT2D eigenvalue weighted by molar-refractivity contribution is 5.92. The smallest absolute Gasteiger partial charge is 0.377 e. The molecule has 3 aromatic rings. The molecule has 0 spiro atoms. The van der Waals surface area contributed by atoms with Crippen molar-refractivity contribution in [3.63, 3.8) is 0 Å². The minimum Gasteiger partial charge on any atom is -0.377 e. The van der Waals surface area contributed by atoms with Crippen LogP contribution in [-0.2, 0) is 10.9 Å². The number of aromatic nitrogens is 2. The summed E-state index contributed by atoms with van der Waals surface area (Å²) in [6.45, 7) is 4.90. The van der Waals surface area contributed by atoms with Crippen molar-refractivity contribution in [2.45, 2.75) is 32.5 Å². The van der Waals surface area contributed by atoms with Gasteiger partial charge in [0.05, 0.1) is 24.3 Å². The molecule has 0 amide bonds. The zero-order valence-corrected chi connectivity index (χ0v) is 16.8. The van der Waals surface area contributed by atoms with Crippen LogP contribution in [0.1, 0.15) is 41.9 Å². The van der Waals surface area contributed by atoms with Crippen LogP contribution in [0.25, 0.3) is 16.5 Å². The fourth-order valence-corrected chi connectivity index (χ4v) is 3.62. The molecule has 0 unspecified atom stereocenters. The van der Waals surface area contributed by atoms with Gasteiger partial charge in [-0.05, 0) is 61.2 Å². The zero-order chi connectivity index (χ0) is 21.3. The quantitative estimate of drug-likeness (QED) is 0.576. The highest BCUT2D eigenvalue weighted by atomic mass is 19.4. The van der Waals surface area contributed by atoms with Crippen LogP contribution >= 0.6 is 0 Å². The largest absolute Gasteiger partial charge is 0.416 e. The topological polar surface area (TPSA) is 47.0 Å². The first-order chi connectivity index (χ1) is 14.3. The summed E-state index contributed by atoms with van der Waals surface area (Å²) in [5.41, 5.74) is 2.95. The fraction of sp³-hybridized carbons (Fsp3) is 0.304. The van der Waals surface area contributed by atoms with Crippen molar-refractivity contribution >= 4 is 22.3 Å². The number of hydrogen-bond donors (Lipinski definition) is 1. The van der Waals surface area contributed by atoms with E-state index in [4.69, 9.17) is 4.74 Å². The molecule has 1 aliphatic heterocycles. The normalized spacial score (nSPS) is 15.7. The second-order valence-corrected chi connectivity index (χ2v) is 7.39. The van der Waals surface area contributed by atoms with Crippen molar-refractivity contribution in [2.24, 2.45) is 0 Å². The number of benzene rings is 2. The number of anilines is 1. The van der Waals surface area contributed by atoms with Gasteiger partial charge in [0.1, 0.15) is 11.6 Å². The SMILES string of the molecule is Cc1nc(N[C@H](C)c2cccc(C(F)(F)F)c2)c2cc(C3=CCOCC3)ccc2n1. The number of hydrogen-bond acceptors (Lipinski definition) is 4. The maximum Gasteiger partial charge on any atom is 0.416 e. The molecule has 1 atom stereocenters. The van der Waals surface area contributed by atoms with E-state index in [2.05, 4.69) is 21.4 Å². The first-order valence-corrected chi connectivity index (χ1v) is 9.80. The first kappa shape index (κ1) is 20.3.